The average Bonchev–Trinajstić information content (AvgIpc) is 2.79. The van der Waals surface area contributed by atoms with Gasteiger partial charge in [0.05, 0.1) is 11.6 Å². The third-order valence-electron chi connectivity index (χ3n) is 3.09. The molecule has 0 radical (unpaired) electrons. The van der Waals surface area contributed by atoms with Crippen LogP contribution in [-0.4, -0.2) is 16.7 Å². The molecule has 0 aromatic heterocycles. The molecular weight excluding hydrogens is 318 g/mol. The fourth-order valence-electron chi connectivity index (χ4n) is 2.06. The molecule has 102 valence electrons. The van der Waals surface area contributed by atoms with Gasteiger partial charge in [0.1, 0.15) is 0 Å². The van der Waals surface area contributed by atoms with Crippen LogP contribution in [0, 0.1) is 0 Å². The van der Waals surface area contributed by atoms with E-state index in [1.807, 2.05) is 6.07 Å². The number of fused-ring (bicyclic) bond motifs is 1. The van der Waals surface area contributed by atoms with Gasteiger partial charge in [-0.25, -0.2) is 0 Å². The Morgan fingerprint density at radius 1 is 1.20 bits per heavy atom. The van der Waals surface area contributed by atoms with E-state index in [1.165, 1.54) is 0 Å². The molecule has 1 aliphatic rings. The summed E-state index contributed by atoms with van der Waals surface area (Å²) in [5, 5.41) is 10.5. The van der Waals surface area contributed by atoms with Gasteiger partial charge >= 0.3 is 7.12 Å². The van der Waals surface area contributed by atoms with Gasteiger partial charge in [-0.2, -0.15) is 0 Å². The summed E-state index contributed by atoms with van der Waals surface area (Å²) < 4.78 is 17.7. The summed E-state index contributed by atoms with van der Waals surface area (Å²) in [5.74, 6) is 0. The first kappa shape index (κ1) is 14.3. The first-order valence-electron chi connectivity index (χ1n) is 5.85. The van der Waals surface area contributed by atoms with Crippen molar-refractivity contribution in [3.8, 4) is 0 Å². The first-order chi connectivity index (χ1) is 9.56. The van der Waals surface area contributed by atoms with Crippen LogP contribution in [0.5, 0.6) is 0 Å². The topological polar surface area (TPSA) is 52.5 Å². The SMILES string of the molecule is [O-][S+](c1ccc2c(c1)B(O)OC2)c1ccc(Cl)cc1Cl. The van der Waals surface area contributed by atoms with Crippen LogP contribution in [0.3, 0.4) is 0 Å². The summed E-state index contributed by atoms with van der Waals surface area (Å²) in [6.45, 7) is 0.366. The first-order valence-corrected chi connectivity index (χ1v) is 7.76. The Morgan fingerprint density at radius 3 is 2.75 bits per heavy atom. The Bertz CT molecular complexity index is 668. The molecule has 1 atom stereocenters. The Labute approximate surface area is 129 Å². The van der Waals surface area contributed by atoms with Gasteiger partial charge in [0.15, 0.2) is 9.79 Å². The van der Waals surface area contributed by atoms with E-state index >= 15 is 0 Å². The molecule has 7 heteroatoms. The average molecular weight is 327 g/mol. The Hall–Kier alpha value is -0.685. The molecule has 0 fully saturated rings. The number of hydrogen-bond donors (Lipinski definition) is 1. The number of benzene rings is 2. The zero-order valence-electron chi connectivity index (χ0n) is 10.2. The van der Waals surface area contributed by atoms with Crippen molar-refractivity contribution in [3.63, 3.8) is 0 Å². The van der Waals surface area contributed by atoms with Crippen LogP contribution in [0.25, 0.3) is 0 Å². The standard InChI is InChI=1S/C13H9BCl2O3S/c15-9-2-4-13(12(16)5-9)20(18)10-3-1-8-7-19-14(17)11(8)6-10/h1-6,17H,7H2. The molecule has 0 spiro atoms. The molecule has 0 bridgehead atoms. The summed E-state index contributed by atoms with van der Waals surface area (Å²) in [4.78, 5) is 1.06. The van der Waals surface area contributed by atoms with Crippen molar-refractivity contribution in [1.82, 2.24) is 0 Å². The number of halogens is 2. The van der Waals surface area contributed by atoms with Gasteiger partial charge in [-0.3, -0.25) is 0 Å². The van der Waals surface area contributed by atoms with Gasteiger partial charge in [0.2, 0.25) is 0 Å². The molecule has 0 saturated carbocycles. The maximum atomic E-state index is 12.5. The van der Waals surface area contributed by atoms with Crippen molar-refractivity contribution in [2.24, 2.45) is 0 Å². The highest BCUT2D eigenvalue weighted by Crippen LogP contribution is 2.30. The third-order valence-corrected chi connectivity index (χ3v) is 5.19. The lowest BCUT2D eigenvalue weighted by Crippen LogP contribution is -2.28. The van der Waals surface area contributed by atoms with E-state index in [9.17, 15) is 9.58 Å². The van der Waals surface area contributed by atoms with E-state index in [2.05, 4.69) is 0 Å². The third kappa shape index (κ3) is 2.57. The van der Waals surface area contributed by atoms with Crippen LogP contribution in [0.2, 0.25) is 10.0 Å². The molecule has 2 aromatic rings. The Morgan fingerprint density at radius 2 is 2.00 bits per heavy atom. The van der Waals surface area contributed by atoms with E-state index in [1.54, 1.807) is 30.3 Å². The van der Waals surface area contributed by atoms with E-state index in [4.69, 9.17) is 27.9 Å². The maximum absolute atomic E-state index is 12.5. The molecular formula is C13H9BCl2O3S. The lowest BCUT2D eigenvalue weighted by molar-refractivity contribution is 0.275. The highest BCUT2D eigenvalue weighted by Gasteiger charge is 2.30. The predicted octanol–water partition coefficient (Wildman–Crippen LogP) is 2.38. The largest absolute Gasteiger partial charge is 0.606 e. The molecule has 1 unspecified atom stereocenters. The van der Waals surface area contributed by atoms with Crippen LogP contribution in [0.4, 0.5) is 0 Å². The second kappa shape index (κ2) is 5.60. The Balaban J connectivity index is 1.98. The fourth-order valence-corrected chi connectivity index (χ4v) is 3.79. The van der Waals surface area contributed by atoms with Crippen molar-refractivity contribution in [2.45, 2.75) is 16.4 Å². The van der Waals surface area contributed by atoms with E-state index in [-0.39, 0.29) is 0 Å². The molecule has 3 nitrogen and oxygen atoms in total. The van der Waals surface area contributed by atoms with Crippen molar-refractivity contribution < 1.29 is 14.2 Å². The lowest BCUT2D eigenvalue weighted by Gasteiger charge is -2.12. The molecule has 0 aliphatic carbocycles. The highest BCUT2D eigenvalue weighted by molar-refractivity contribution is 7.91. The van der Waals surface area contributed by atoms with Gasteiger partial charge < -0.3 is 14.2 Å². The quantitative estimate of drug-likeness (QED) is 0.681. The van der Waals surface area contributed by atoms with Crippen LogP contribution in [-0.2, 0) is 22.4 Å². The van der Waals surface area contributed by atoms with E-state index in [0.29, 0.717) is 31.9 Å². The molecule has 3 rings (SSSR count). The Kier molecular flexibility index (Phi) is 3.99. The second-order valence-electron chi connectivity index (χ2n) is 4.37. The highest BCUT2D eigenvalue weighted by atomic mass is 35.5. The van der Waals surface area contributed by atoms with E-state index < -0.39 is 18.3 Å². The van der Waals surface area contributed by atoms with Crippen molar-refractivity contribution >= 4 is 47.0 Å². The van der Waals surface area contributed by atoms with Crippen molar-refractivity contribution in [2.75, 3.05) is 0 Å². The molecule has 1 heterocycles. The summed E-state index contributed by atoms with van der Waals surface area (Å²) in [5.41, 5.74) is 1.56. The smallest absolute Gasteiger partial charge is 0.491 e. The molecule has 1 aliphatic heterocycles. The van der Waals surface area contributed by atoms with Gasteiger partial charge in [0.25, 0.3) is 0 Å². The monoisotopic (exact) mass is 326 g/mol. The minimum atomic E-state index is -1.43. The molecule has 1 N–H and O–H groups in total. The number of rotatable bonds is 2. The lowest BCUT2D eigenvalue weighted by atomic mass is 9.80. The van der Waals surface area contributed by atoms with E-state index in [0.717, 1.165) is 5.56 Å². The minimum Gasteiger partial charge on any atom is -0.606 e. The zero-order valence-corrected chi connectivity index (χ0v) is 12.5. The second-order valence-corrected chi connectivity index (χ2v) is 6.66. The molecule has 2 aromatic carbocycles. The predicted molar refractivity (Wildman–Crippen MR) is 80.0 cm³/mol. The van der Waals surface area contributed by atoms with Crippen molar-refractivity contribution in [3.05, 3.63) is 52.0 Å². The fraction of sp³-hybridized carbons (Fsp3) is 0.0769. The van der Waals surface area contributed by atoms with Gasteiger partial charge in [-0.1, -0.05) is 29.3 Å². The molecule has 0 amide bonds. The van der Waals surface area contributed by atoms with Crippen molar-refractivity contribution in [1.29, 1.82) is 0 Å². The maximum Gasteiger partial charge on any atom is 0.491 e. The summed E-state index contributed by atoms with van der Waals surface area (Å²) in [6.07, 6.45) is 0. The normalized spacial score (nSPS) is 15.3. The van der Waals surface area contributed by atoms with Gasteiger partial charge in [-0.05, 0) is 41.4 Å². The summed E-state index contributed by atoms with van der Waals surface area (Å²) in [6, 6.07) is 10.1. The zero-order chi connectivity index (χ0) is 14.3. The molecule has 0 saturated heterocycles. The van der Waals surface area contributed by atoms with Crippen LogP contribution in [0.1, 0.15) is 5.56 Å². The summed E-state index contributed by atoms with van der Waals surface area (Å²) >= 11 is 10.5. The van der Waals surface area contributed by atoms with Crippen LogP contribution in [0.15, 0.2) is 46.2 Å². The number of hydrogen-bond acceptors (Lipinski definition) is 3. The summed E-state index contributed by atoms with van der Waals surface area (Å²) in [7, 11) is -0.956. The van der Waals surface area contributed by atoms with Crippen LogP contribution >= 0.6 is 23.2 Å². The van der Waals surface area contributed by atoms with Gasteiger partial charge in [0, 0.05) is 16.2 Å². The van der Waals surface area contributed by atoms with Crippen LogP contribution < -0.4 is 5.46 Å². The minimum absolute atomic E-state index is 0.355. The molecule has 20 heavy (non-hydrogen) atoms. The van der Waals surface area contributed by atoms with Gasteiger partial charge in [-0.15, -0.1) is 0 Å².